The van der Waals surface area contributed by atoms with Gasteiger partial charge in [-0.15, -0.1) is 0 Å². The van der Waals surface area contributed by atoms with Crippen LogP contribution < -0.4 is 0 Å². The van der Waals surface area contributed by atoms with Crippen molar-refractivity contribution < 1.29 is 50.4 Å². The second kappa shape index (κ2) is 33.1. The zero-order valence-corrected chi connectivity index (χ0v) is 24.5. The molecule has 4 atom stereocenters. The van der Waals surface area contributed by atoms with Crippen LogP contribution in [0.25, 0.3) is 0 Å². The predicted octanol–water partition coefficient (Wildman–Crippen LogP) is 3.73. The molecule has 0 aliphatic carbocycles. The van der Waals surface area contributed by atoms with Crippen LogP contribution >= 0.6 is 0 Å². The minimum absolute atomic E-state index is 0.332. The third kappa shape index (κ3) is 33.9. The number of unbranched alkanes of at least 4 members (excludes halogenated alkanes) is 11. The molecular formula is C30H56O10. The molecule has 8 N–H and O–H groups in total. The van der Waals surface area contributed by atoms with Gasteiger partial charge in [-0.25, -0.2) is 4.79 Å². The summed E-state index contributed by atoms with van der Waals surface area (Å²) in [6.45, 7) is 2.63. The Morgan fingerprint density at radius 3 is 1.45 bits per heavy atom. The fraction of sp³-hybridized carbons (Fsp3) is 0.733. The first kappa shape index (κ1) is 42.4. The van der Waals surface area contributed by atoms with Crippen LogP contribution in [-0.4, -0.2) is 90.4 Å². The molecule has 0 aromatic carbocycles. The lowest BCUT2D eigenvalue weighted by Gasteiger charge is -2.24. The van der Waals surface area contributed by atoms with Gasteiger partial charge >= 0.3 is 11.9 Å². The maximum Gasteiger partial charge on any atom is 0.328 e. The van der Waals surface area contributed by atoms with Crippen molar-refractivity contribution in [2.75, 3.05) is 13.2 Å². The Labute approximate surface area is 240 Å². The minimum atomic E-state index is -1.67. The van der Waals surface area contributed by atoms with E-state index in [1.165, 1.54) is 76.7 Å². The molecule has 0 amide bonds. The highest BCUT2D eigenvalue weighted by molar-refractivity contribution is 5.80. The average molecular weight is 577 g/mol. The van der Waals surface area contributed by atoms with Crippen LogP contribution in [0, 0.1) is 0 Å². The van der Waals surface area contributed by atoms with Crippen molar-refractivity contribution in [1.82, 2.24) is 0 Å². The summed E-state index contributed by atoms with van der Waals surface area (Å²) in [6.07, 6.45) is 20.8. The first-order valence-corrected chi connectivity index (χ1v) is 14.4. The lowest BCUT2D eigenvalue weighted by molar-refractivity contribution is -0.137. The van der Waals surface area contributed by atoms with Crippen LogP contribution in [0.5, 0.6) is 0 Å². The molecule has 0 fully saturated rings. The minimum Gasteiger partial charge on any atom is -0.481 e. The van der Waals surface area contributed by atoms with Crippen LogP contribution in [0.15, 0.2) is 36.5 Å². The largest absolute Gasteiger partial charge is 0.481 e. The Hall–Kier alpha value is -2.08. The van der Waals surface area contributed by atoms with Crippen LogP contribution in [0.3, 0.4) is 0 Å². The molecule has 0 aromatic heterocycles. The van der Waals surface area contributed by atoms with E-state index in [0.29, 0.717) is 6.42 Å². The molecule has 0 saturated carbocycles. The topological polar surface area (TPSA) is 196 Å². The van der Waals surface area contributed by atoms with Crippen molar-refractivity contribution in [3.8, 4) is 0 Å². The Bertz CT molecular complexity index is 634. The van der Waals surface area contributed by atoms with Crippen LogP contribution in [0.4, 0.5) is 0 Å². The number of hydrogen-bond acceptors (Lipinski definition) is 8. The highest BCUT2D eigenvalue weighted by atomic mass is 16.4. The van der Waals surface area contributed by atoms with Gasteiger partial charge in [-0.05, 0) is 39.0 Å². The highest BCUT2D eigenvalue weighted by Crippen LogP contribution is 2.10. The average Bonchev–Trinajstić information content (AvgIpc) is 2.93. The molecule has 40 heavy (non-hydrogen) atoms. The Morgan fingerprint density at radius 2 is 1.07 bits per heavy atom. The van der Waals surface area contributed by atoms with Crippen molar-refractivity contribution in [2.45, 2.75) is 128 Å². The molecule has 0 saturated heterocycles. The first-order valence-electron chi connectivity index (χ1n) is 14.4. The standard InChI is InChI=1S/C18H34O2.C6H14O6.C6H8O2/c1-2-3-4-5-6-7-8-9-10-11-12-13-14-15-16-17-18(19)20;7-1-3(9)5(11)6(12)4(10)2-8;1-2-3-4-5-6(7)8/h9-10H,2-8,11-17H2,1H3,(H,19,20);3-12H,1-2H2;2-5H,1H3,(H,7,8)/b10-9-;;3-2+,5-4+. The SMILES string of the molecule is C/C=C/C=C/C(=O)O.CCCCCCCC/C=C\CCCCCCCC(=O)O.OCC(O)C(O)C(O)C(O)CO. The molecule has 0 bridgehead atoms. The van der Waals surface area contributed by atoms with Gasteiger partial charge in [-0.1, -0.05) is 88.7 Å². The number of carbonyl (C=O) groups is 2. The molecule has 4 unspecified atom stereocenters. The fourth-order valence-electron chi connectivity index (χ4n) is 3.27. The van der Waals surface area contributed by atoms with Gasteiger partial charge in [0.05, 0.1) is 13.2 Å². The van der Waals surface area contributed by atoms with Gasteiger partial charge in [-0.2, -0.15) is 0 Å². The molecule has 0 aliphatic heterocycles. The molecule has 10 heteroatoms. The summed E-state index contributed by atoms with van der Waals surface area (Å²) in [6, 6.07) is 0. The molecular weight excluding hydrogens is 520 g/mol. The fourth-order valence-corrected chi connectivity index (χ4v) is 3.27. The number of rotatable bonds is 22. The van der Waals surface area contributed by atoms with Gasteiger partial charge in [0.1, 0.15) is 24.4 Å². The maximum atomic E-state index is 10.3. The molecule has 236 valence electrons. The van der Waals surface area contributed by atoms with Crippen molar-refractivity contribution in [1.29, 1.82) is 0 Å². The number of allylic oxidation sites excluding steroid dienone is 5. The Morgan fingerprint density at radius 1 is 0.650 bits per heavy atom. The molecule has 0 spiro atoms. The molecule has 0 radical (unpaired) electrons. The van der Waals surface area contributed by atoms with Gasteiger partial charge in [0, 0.05) is 12.5 Å². The molecule has 0 aliphatic rings. The number of carboxylic acids is 2. The summed E-state index contributed by atoms with van der Waals surface area (Å²) in [5.74, 6) is -1.58. The van der Waals surface area contributed by atoms with E-state index in [4.69, 9.17) is 40.9 Å². The smallest absolute Gasteiger partial charge is 0.328 e. The van der Waals surface area contributed by atoms with E-state index in [0.717, 1.165) is 18.9 Å². The van der Waals surface area contributed by atoms with E-state index >= 15 is 0 Å². The molecule has 0 aromatic rings. The number of aliphatic hydroxyl groups excluding tert-OH is 6. The van der Waals surface area contributed by atoms with Gasteiger partial charge in [-0.3, -0.25) is 4.79 Å². The summed E-state index contributed by atoms with van der Waals surface area (Å²) in [5.41, 5.74) is 0. The molecule has 0 rings (SSSR count). The number of aliphatic hydroxyl groups is 6. The highest BCUT2D eigenvalue weighted by Gasteiger charge is 2.29. The Kier molecular flexibility index (Phi) is 35.1. The van der Waals surface area contributed by atoms with E-state index < -0.39 is 49.6 Å². The zero-order valence-electron chi connectivity index (χ0n) is 24.5. The summed E-state index contributed by atoms with van der Waals surface area (Å²) in [5, 5.41) is 68.7. The summed E-state index contributed by atoms with van der Waals surface area (Å²) >= 11 is 0. The first-order chi connectivity index (χ1) is 19.1. The van der Waals surface area contributed by atoms with E-state index in [-0.39, 0.29) is 0 Å². The van der Waals surface area contributed by atoms with Crippen LogP contribution in [0.1, 0.15) is 104 Å². The van der Waals surface area contributed by atoms with Gasteiger partial charge in [0.15, 0.2) is 0 Å². The zero-order chi connectivity index (χ0) is 31.0. The predicted molar refractivity (Wildman–Crippen MR) is 157 cm³/mol. The van der Waals surface area contributed by atoms with E-state index in [9.17, 15) is 9.59 Å². The van der Waals surface area contributed by atoms with Gasteiger partial charge < -0.3 is 40.9 Å². The van der Waals surface area contributed by atoms with E-state index in [1.54, 1.807) is 12.2 Å². The van der Waals surface area contributed by atoms with E-state index in [1.807, 2.05) is 6.92 Å². The summed E-state index contributed by atoms with van der Waals surface area (Å²) < 4.78 is 0. The summed E-state index contributed by atoms with van der Waals surface area (Å²) in [4.78, 5) is 20.1. The van der Waals surface area contributed by atoms with Gasteiger partial charge in [0.25, 0.3) is 0 Å². The van der Waals surface area contributed by atoms with Crippen molar-refractivity contribution in [2.24, 2.45) is 0 Å². The summed E-state index contributed by atoms with van der Waals surface area (Å²) in [7, 11) is 0. The van der Waals surface area contributed by atoms with Crippen molar-refractivity contribution in [3.05, 3.63) is 36.5 Å². The van der Waals surface area contributed by atoms with Crippen LogP contribution in [0.2, 0.25) is 0 Å². The number of hydrogen-bond donors (Lipinski definition) is 8. The molecule has 0 heterocycles. The third-order valence-electron chi connectivity index (χ3n) is 5.71. The van der Waals surface area contributed by atoms with Crippen molar-refractivity contribution >= 4 is 11.9 Å². The Balaban J connectivity index is -0.000000578. The number of aliphatic carboxylic acids is 2. The van der Waals surface area contributed by atoms with Gasteiger partial charge in [0.2, 0.25) is 0 Å². The third-order valence-corrected chi connectivity index (χ3v) is 5.71. The monoisotopic (exact) mass is 576 g/mol. The lowest BCUT2D eigenvalue weighted by atomic mass is 10.0. The quantitative estimate of drug-likeness (QED) is 0.0407. The maximum absolute atomic E-state index is 10.3. The lowest BCUT2D eigenvalue weighted by Crippen LogP contribution is -2.46. The van der Waals surface area contributed by atoms with E-state index in [2.05, 4.69) is 19.1 Å². The second-order valence-electron chi connectivity index (χ2n) is 9.43. The second-order valence-corrected chi connectivity index (χ2v) is 9.43. The molecule has 10 nitrogen and oxygen atoms in total. The van der Waals surface area contributed by atoms with Crippen LogP contribution in [-0.2, 0) is 9.59 Å². The number of carboxylic acid groups (broad SMARTS) is 2. The van der Waals surface area contributed by atoms with Crippen molar-refractivity contribution in [3.63, 3.8) is 0 Å². The normalized spacial score (nSPS) is 14.3.